The number of benzene rings is 1. The van der Waals surface area contributed by atoms with Crippen molar-refractivity contribution in [3.63, 3.8) is 0 Å². The number of hydrogen-bond donors (Lipinski definition) is 1. The number of nitrogens with two attached hydrogens (primary N) is 1. The molecule has 1 heterocycles. The quantitative estimate of drug-likeness (QED) is 0.771. The summed E-state index contributed by atoms with van der Waals surface area (Å²) >= 11 is 0. The molecule has 0 spiro atoms. The summed E-state index contributed by atoms with van der Waals surface area (Å²) in [5.74, 6) is -0.274. The van der Waals surface area contributed by atoms with Crippen molar-refractivity contribution in [2.24, 2.45) is 5.73 Å². The molecule has 1 saturated heterocycles. The van der Waals surface area contributed by atoms with Crippen molar-refractivity contribution in [3.8, 4) is 5.75 Å². The summed E-state index contributed by atoms with van der Waals surface area (Å²) in [7, 11) is 1.49. The molecule has 25 heavy (non-hydrogen) atoms. The number of methoxy groups -OCH3 is 1. The van der Waals surface area contributed by atoms with Gasteiger partial charge in [-0.05, 0) is 24.3 Å². The smallest absolute Gasteiger partial charge is 0.260 e. The second-order valence-electron chi connectivity index (χ2n) is 5.51. The average Bonchev–Trinajstić information content (AvgIpc) is 2.60. The second-order valence-corrected chi connectivity index (χ2v) is 5.51. The Morgan fingerprint density at radius 3 is 2.28 bits per heavy atom. The summed E-state index contributed by atoms with van der Waals surface area (Å²) in [6.07, 6.45) is 0. The Morgan fingerprint density at radius 1 is 1.16 bits per heavy atom. The van der Waals surface area contributed by atoms with Crippen LogP contribution in [0.4, 0.5) is 4.39 Å². The molecule has 1 aliphatic rings. The van der Waals surface area contributed by atoms with Gasteiger partial charge in [-0.25, -0.2) is 4.39 Å². The van der Waals surface area contributed by atoms with Crippen molar-refractivity contribution >= 4 is 24.2 Å². The van der Waals surface area contributed by atoms with Crippen LogP contribution in [0.15, 0.2) is 24.3 Å². The monoisotopic (exact) mass is 375 g/mol. The van der Waals surface area contributed by atoms with E-state index in [9.17, 15) is 14.0 Å². The minimum atomic E-state index is -0.681. The van der Waals surface area contributed by atoms with Gasteiger partial charge >= 0.3 is 0 Å². The fourth-order valence-electron chi connectivity index (χ4n) is 2.43. The number of carbonyl (C=O) groups excluding carboxylic acids is 2. The van der Waals surface area contributed by atoms with Gasteiger partial charge in [0.25, 0.3) is 5.91 Å². The van der Waals surface area contributed by atoms with Crippen molar-refractivity contribution in [2.75, 3.05) is 46.5 Å². The highest BCUT2D eigenvalue weighted by atomic mass is 35.5. The van der Waals surface area contributed by atoms with Crippen LogP contribution >= 0.6 is 12.4 Å². The molecular weight excluding hydrogens is 353 g/mol. The van der Waals surface area contributed by atoms with Crippen molar-refractivity contribution < 1.29 is 23.5 Å². The molecule has 0 aliphatic carbocycles. The van der Waals surface area contributed by atoms with E-state index in [1.807, 2.05) is 0 Å². The standard InChI is InChI=1S/C16H22FN3O4.ClH/c1-23-10-14(18)16(22)20-8-6-19(7-9-20)15(21)11-24-13-4-2-12(17)3-5-13;/h2-5,14H,6-11,18H2,1H3;1H. The number of piperazine rings is 1. The van der Waals surface area contributed by atoms with Crippen molar-refractivity contribution in [1.82, 2.24) is 9.80 Å². The molecule has 2 rings (SSSR count). The minimum absolute atomic E-state index is 0. The lowest BCUT2D eigenvalue weighted by Crippen LogP contribution is -2.55. The van der Waals surface area contributed by atoms with E-state index < -0.39 is 6.04 Å². The van der Waals surface area contributed by atoms with E-state index >= 15 is 0 Å². The minimum Gasteiger partial charge on any atom is -0.484 e. The van der Waals surface area contributed by atoms with Crippen molar-refractivity contribution in [2.45, 2.75) is 6.04 Å². The molecule has 7 nitrogen and oxygen atoms in total. The molecule has 1 aliphatic heterocycles. The van der Waals surface area contributed by atoms with Gasteiger partial charge in [0.15, 0.2) is 6.61 Å². The Labute approximate surface area is 152 Å². The number of rotatable bonds is 6. The van der Waals surface area contributed by atoms with Gasteiger partial charge in [0, 0.05) is 33.3 Å². The van der Waals surface area contributed by atoms with E-state index in [1.165, 1.54) is 31.4 Å². The first-order valence-corrected chi connectivity index (χ1v) is 7.70. The lowest BCUT2D eigenvalue weighted by atomic mass is 10.2. The maximum Gasteiger partial charge on any atom is 0.260 e. The summed E-state index contributed by atoms with van der Waals surface area (Å²) in [6.45, 7) is 1.76. The summed E-state index contributed by atoms with van der Waals surface area (Å²) < 4.78 is 23.0. The highest BCUT2D eigenvalue weighted by Gasteiger charge is 2.27. The van der Waals surface area contributed by atoms with Crippen LogP contribution in [-0.4, -0.2) is 74.2 Å². The number of nitrogens with zero attached hydrogens (tertiary/aromatic N) is 2. The van der Waals surface area contributed by atoms with Crippen LogP contribution in [-0.2, 0) is 14.3 Å². The number of halogens is 2. The lowest BCUT2D eigenvalue weighted by molar-refractivity contribution is -0.142. The second kappa shape index (κ2) is 10.2. The normalized spacial score (nSPS) is 15.3. The average molecular weight is 376 g/mol. The van der Waals surface area contributed by atoms with Crippen molar-refractivity contribution in [3.05, 3.63) is 30.1 Å². The molecule has 1 aromatic rings. The maximum absolute atomic E-state index is 12.8. The molecule has 9 heteroatoms. The van der Waals surface area contributed by atoms with Crippen LogP contribution in [0.3, 0.4) is 0 Å². The summed E-state index contributed by atoms with van der Waals surface area (Å²) in [5, 5.41) is 0. The Kier molecular flexibility index (Phi) is 8.60. The van der Waals surface area contributed by atoms with Gasteiger partial charge in [-0.3, -0.25) is 9.59 Å². The molecule has 0 bridgehead atoms. The van der Waals surface area contributed by atoms with E-state index in [2.05, 4.69) is 0 Å². The highest BCUT2D eigenvalue weighted by Crippen LogP contribution is 2.11. The van der Waals surface area contributed by atoms with Gasteiger partial charge in [-0.2, -0.15) is 0 Å². The molecule has 0 radical (unpaired) electrons. The zero-order chi connectivity index (χ0) is 17.5. The maximum atomic E-state index is 12.8. The number of hydrogen-bond acceptors (Lipinski definition) is 5. The van der Waals surface area contributed by atoms with Crippen LogP contribution in [0.1, 0.15) is 0 Å². The lowest BCUT2D eigenvalue weighted by Gasteiger charge is -2.35. The van der Waals surface area contributed by atoms with E-state index in [1.54, 1.807) is 9.80 Å². The Morgan fingerprint density at radius 2 is 1.72 bits per heavy atom. The van der Waals surface area contributed by atoms with E-state index in [4.69, 9.17) is 15.2 Å². The molecule has 1 atom stereocenters. The molecule has 2 N–H and O–H groups in total. The number of amides is 2. The molecular formula is C16H23ClFN3O4. The molecule has 1 aromatic carbocycles. The largest absolute Gasteiger partial charge is 0.484 e. The van der Waals surface area contributed by atoms with Crippen LogP contribution in [0.25, 0.3) is 0 Å². The highest BCUT2D eigenvalue weighted by molar-refractivity contribution is 5.85. The zero-order valence-electron chi connectivity index (χ0n) is 14.0. The summed E-state index contributed by atoms with van der Waals surface area (Å²) in [6, 6.07) is 4.80. The summed E-state index contributed by atoms with van der Waals surface area (Å²) in [5.41, 5.74) is 5.73. The first kappa shape index (κ1) is 21.1. The summed E-state index contributed by atoms with van der Waals surface area (Å²) in [4.78, 5) is 27.5. The van der Waals surface area contributed by atoms with Gasteiger partial charge < -0.3 is 25.0 Å². The number of ether oxygens (including phenoxy) is 2. The third-order valence-corrected chi connectivity index (χ3v) is 3.78. The topological polar surface area (TPSA) is 85.1 Å². The number of carbonyl (C=O) groups is 2. The molecule has 1 fully saturated rings. The predicted octanol–water partition coefficient (Wildman–Crippen LogP) is 0.271. The molecule has 0 saturated carbocycles. The first-order valence-electron chi connectivity index (χ1n) is 7.70. The van der Waals surface area contributed by atoms with Crippen LogP contribution in [0.2, 0.25) is 0 Å². The predicted molar refractivity (Wildman–Crippen MR) is 92.2 cm³/mol. The van der Waals surface area contributed by atoms with Gasteiger partial charge in [-0.15, -0.1) is 12.4 Å². The third kappa shape index (κ3) is 6.15. The van der Waals surface area contributed by atoms with E-state index in [-0.39, 0.29) is 43.3 Å². The van der Waals surface area contributed by atoms with Gasteiger partial charge in [0.2, 0.25) is 5.91 Å². The van der Waals surface area contributed by atoms with Gasteiger partial charge in [0.1, 0.15) is 17.6 Å². The fraction of sp³-hybridized carbons (Fsp3) is 0.500. The Bertz CT molecular complexity index is 565. The molecule has 2 amide bonds. The SMILES string of the molecule is COCC(N)C(=O)N1CCN(C(=O)COc2ccc(F)cc2)CC1.Cl. The van der Waals surface area contributed by atoms with Crippen LogP contribution < -0.4 is 10.5 Å². The Balaban J connectivity index is 0.00000312. The van der Waals surface area contributed by atoms with E-state index in [0.717, 1.165) is 0 Å². The van der Waals surface area contributed by atoms with Crippen LogP contribution in [0, 0.1) is 5.82 Å². The first-order chi connectivity index (χ1) is 11.5. The fourth-order valence-corrected chi connectivity index (χ4v) is 2.43. The van der Waals surface area contributed by atoms with Crippen LogP contribution in [0.5, 0.6) is 5.75 Å². The molecule has 1 unspecified atom stereocenters. The van der Waals surface area contributed by atoms with Crippen molar-refractivity contribution in [1.29, 1.82) is 0 Å². The van der Waals surface area contributed by atoms with Gasteiger partial charge in [0.05, 0.1) is 6.61 Å². The van der Waals surface area contributed by atoms with E-state index in [0.29, 0.717) is 31.9 Å². The Hall–Kier alpha value is -1.90. The molecule has 140 valence electrons. The molecule has 0 aromatic heterocycles. The third-order valence-electron chi connectivity index (χ3n) is 3.78. The zero-order valence-corrected chi connectivity index (χ0v) is 14.8. The van der Waals surface area contributed by atoms with Gasteiger partial charge in [-0.1, -0.05) is 0 Å².